The summed E-state index contributed by atoms with van der Waals surface area (Å²) in [6.45, 7) is 0. The highest BCUT2D eigenvalue weighted by Crippen LogP contribution is 2.18. The molecule has 0 spiro atoms. The first kappa shape index (κ1) is 11.7. The highest BCUT2D eigenvalue weighted by molar-refractivity contribution is 5.60. The van der Waals surface area contributed by atoms with Crippen molar-refractivity contribution in [3.8, 4) is 6.07 Å². The van der Waals surface area contributed by atoms with Gasteiger partial charge < -0.3 is 4.90 Å². The van der Waals surface area contributed by atoms with Crippen LogP contribution in [0.15, 0.2) is 24.4 Å². The number of nitriles is 1. The molecule has 0 fully saturated rings. The Hall–Kier alpha value is -2.35. The largest absolute Gasteiger partial charge is 0.383 e. The first-order valence-corrected chi connectivity index (χ1v) is 4.58. The van der Waals surface area contributed by atoms with E-state index in [-0.39, 0.29) is 5.69 Å². The second kappa shape index (κ2) is 4.94. The van der Waals surface area contributed by atoms with Crippen molar-refractivity contribution in [3.63, 3.8) is 0 Å². The van der Waals surface area contributed by atoms with Crippen LogP contribution in [0.3, 0.4) is 0 Å². The molecule has 0 aromatic heterocycles. The lowest BCUT2D eigenvalue weighted by molar-refractivity contribution is -0.384. The third kappa shape index (κ3) is 2.82. The van der Waals surface area contributed by atoms with Crippen LogP contribution in [0.4, 0.5) is 5.69 Å². The van der Waals surface area contributed by atoms with Crippen molar-refractivity contribution in [2.24, 2.45) is 0 Å². The van der Waals surface area contributed by atoms with Crippen LogP contribution < -0.4 is 0 Å². The summed E-state index contributed by atoms with van der Waals surface area (Å²) in [5.41, 5.74) is 0.896. The average molecular weight is 217 g/mol. The minimum Gasteiger partial charge on any atom is -0.383 e. The van der Waals surface area contributed by atoms with E-state index in [0.29, 0.717) is 11.1 Å². The summed E-state index contributed by atoms with van der Waals surface area (Å²) in [4.78, 5) is 11.8. The molecule has 16 heavy (non-hydrogen) atoms. The highest BCUT2D eigenvalue weighted by atomic mass is 16.6. The molecule has 5 nitrogen and oxygen atoms in total. The molecule has 0 atom stereocenters. The summed E-state index contributed by atoms with van der Waals surface area (Å²) in [5, 5.41) is 19.4. The fraction of sp³-hybridized carbons (Fsp3) is 0.182. The van der Waals surface area contributed by atoms with E-state index in [1.165, 1.54) is 12.1 Å². The Morgan fingerprint density at radius 3 is 2.69 bits per heavy atom. The fourth-order valence-corrected chi connectivity index (χ4v) is 1.13. The Labute approximate surface area is 93.4 Å². The highest BCUT2D eigenvalue weighted by Gasteiger charge is 2.08. The Morgan fingerprint density at radius 2 is 2.19 bits per heavy atom. The molecule has 5 heteroatoms. The second-order valence-electron chi connectivity index (χ2n) is 3.42. The monoisotopic (exact) mass is 217 g/mol. The molecule has 82 valence electrons. The molecule has 0 bridgehead atoms. The number of nitro benzene ring substituents is 1. The molecule has 0 saturated carbocycles. The van der Waals surface area contributed by atoms with E-state index in [1.54, 1.807) is 18.3 Å². The van der Waals surface area contributed by atoms with Gasteiger partial charge in [0.1, 0.15) is 6.07 Å². The van der Waals surface area contributed by atoms with Gasteiger partial charge in [0.05, 0.1) is 10.5 Å². The van der Waals surface area contributed by atoms with Crippen LogP contribution >= 0.6 is 0 Å². The molecular formula is C11H11N3O2. The molecule has 0 aliphatic carbocycles. The SMILES string of the molecule is CN(C)/C=C/c1ccc([N+](=O)[O-])cc1C#N. The van der Waals surface area contributed by atoms with Gasteiger partial charge in [0.25, 0.3) is 5.69 Å². The number of nitro groups is 1. The van der Waals surface area contributed by atoms with Crippen LogP contribution in [0, 0.1) is 21.4 Å². The zero-order valence-corrected chi connectivity index (χ0v) is 9.04. The van der Waals surface area contributed by atoms with E-state index in [0.717, 1.165) is 0 Å². The average Bonchev–Trinajstić information content (AvgIpc) is 2.25. The molecule has 1 aromatic rings. The number of hydrogen-bond acceptors (Lipinski definition) is 4. The van der Waals surface area contributed by atoms with Crippen molar-refractivity contribution in [2.75, 3.05) is 14.1 Å². The smallest absolute Gasteiger partial charge is 0.270 e. The standard InChI is InChI=1S/C11H11N3O2/c1-13(2)6-5-9-3-4-11(14(15)16)7-10(9)8-12/h3-7H,1-2H3/b6-5+. The van der Waals surface area contributed by atoms with Gasteiger partial charge in [-0.15, -0.1) is 0 Å². The van der Waals surface area contributed by atoms with Gasteiger partial charge in [-0.2, -0.15) is 5.26 Å². The Bertz CT molecular complexity index is 473. The van der Waals surface area contributed by atoms with Crippen molar-refractivity contribution in [3.05, 3.63) is 45.6 Å². The topological polar surface area (TPSA) is 70.2 Å². The van der Waals surface area contributed by atoms with E-state index >= 15 is 0 Å². The van der Waals surface area contributed by atoms with Gasteiger partial charge in [-0.05, 0) is 23.9 Å². The van der Waals surface area contributed by atoms with Gasteiger partial charge in [-0.1, -0.05) is 0 Å². The van der Waals surface area contributed by atoms with Crippen molar-refractivity contribution in [1.29, 1.82) is 5.26 Å². The van der Waals surface area contributed by atoms with Crippen LogP contribution in [0.5, 0.6) is 0 Å². The van der Waals surface area contributed by atoms with Crippen LogP contribution in [0.25, 0.3) is 6.08 Å². The molecule has 0 heterocycles. The third-order valence-corrected chi connectivity index (χ3v) is 1.92. The van der Waals surface area contributed by atoms with Gasteiger partial charge in [-0.25, -0.2) is 0 Å². The normalized spacial score (nSPS) is 10.1. The second-order valence-corrected chi connectivity index (χ2v) is 3.42. The minimum absolute atomic E-state index is 0.0708. The maximum Gasteiger partial charge on any atom is 0.270 e. The number of nitrogens with zero attached hydrogens (tertiary/aromatic N) is 3. The van der Waals surface area contributed by atoms with E-state index in [9.17, 15) is 10.1 Å². The summed E-state index contributed by atoms with van der Waals surface area (Å²) in [7, 11) is 3.71. The minimum atomic E-state index is -0.514. The Kier molecular flexibility index (Phi) is 3.62. The van der Waals surface area contributed by atoms with Crippen LogP contribution in [-0.4, -0.2) is 23.9 Å². The van der Waals surface area contributed by atoms with Crippen molar-refractivity contribution < 1.29 is 4.92 Å². The predicted molar refractivity (Wildman–Crippen MR) is 60.5 cm³/mol. The lowest BCUT2D eigenvalue weighted by Crippen LogP contribution is -2.00. The van der Waals surface area contributed by atoms with Gasteiger partial charge in [0, 0.05) is 26.2 Å². The fourth-order valence-electron chi connectivity index (χ4n) is 1.13. The van der Waals surface area contributed by atoms with Crippen LogP contribution in [0.1, 0.15) is 11.1 Å². The van der Waals surface area contributed by atoms with Gasteiger partial charge in [0.2, 0.25) is 0 Å². The van der Waals surface area contributed by atoms with Crippen LogP contribution in [-0.2, 0) is 0 Å². The van der Waals surface area contributed by atoms with Crippen molar-refractivity contribution in [2.45, 2.75) is 0 Å². The third-order valence-electron chi connectivity index (χ3n) is 1.92. The molecule has 1 aromatic carbocycles. The maximum atomic E-state index is 10.5. The molecule has 0 unspecified atom stereocenters. The molecule has 0 saturated heterocycles. The molecule has 1 rings (SSSR count). The van der Waals surface area contributed by atoms with Crippen molar-refractivity contribution >= 4 is 11.8 Å². The Balaban J connectivity index is 3.13. The lowest BCUT2D eigenvalue weighted by atomic mass is 10.1. The van der Waals surface area contributed by atoms with Gasteiger partial charge in [0.15, 0.2) is 0 Å². The molecule has 0 radical (unpaired) electrons. The number of hydrogen-bond donors (Lipinski definition) is 0. The predicted octanol–water partition coefficient (Wildman–Crippen LogP) is 2.00. The van der Waals surface area contributed by atoms with Gasteiger partial charge >= 0.3 is 0 Å². The van der Waals surface area contributed by atoms with Crippen molar-refractivity contribution in [1.82, 2.24) is 4.90 Å². The van der Waals surface area contributed by atoms with Gasteiger partial charge in [-0.3, -0.25) is 10.1 Å². The van der Waals surface area contributed by atoms with E-state index in [4.69, 9.17) is 5.26 Å². The first-order chi connectivity index (χ1) is 7.54. The van der Waals surface area contributed by atoms with E-state index in [2.05, 4.69) is 0 Å². The number of benzene rings is 1. The zero-order chi connectivity index (χ0) is 12.1. The summed E-state index contributed by atoms with van der Waals surface area (Å²) in [6.07, 6.45) is 3.52. The maximum absolute atomic E-state index is 10.5. The lowest BCUT2D eigenvalue weighted by Gasteiger charge is -2.04. The molecular weight excluding hydrogens is 206 g/mol. The van der Waals surface area contributed by atoms with E-state index in [1.807, 2.05) is 25.1 Å². The van der Waals surface area contributed by atoms with Crippen LogP contribution in [0.2, 0.25) is 0 Å². The quantitative estimate of drug-likeness (QED) is 0.573. The molecule has 0 aliphatic heterocycles. The summed E-state index contributed by atoms with van der Waals surface area (Å²) in [6, 6.07) is 6.16. The molecule has 0 amide bonds. The number of non-ortho nitro benzene ring substituents is 1. The number of rotatable bonds is 3. The molecule has 0 aliphatic rings. The molecule has 0 N–H and O–H groups in total. The zero-order valence-electron chi connectivity index (χ0n) is 9.04. The first-order valence-electron chi connectivity index (χ1n) is 4.58. The Morgan fingerprint density at radius 1 is 1.50 bits per heavy atom. The summed E-state index contributed by atoms with van der Waals surface area (Å²) >= 11 is 0. The summed E-state index contributed by atoms with van der Waals surface area (Å²) in [5.74, 6) is 0. The summed E-state index contributed by atoms with van der Waals surface area (Å²) < 4.78 is 0. The van der Waals surface area contributed by atoms with E-state index < -0.39 is 4.92 Å².